The maximum atomic E-state index is 12.2. The van der Waals surface area contributed by atoms with E-state index in [-0.39, 0.29) is 5.56 Å². The molecular weight excluding hydrogens is 396 g/mol. The molecule has 0 fully saturated rings. The minimum absolute atomic E-state index is 0.0855. The monoisotopic (exact) mass is 412 g/mol. The van der Waals surface area contributed by atoms with E-state index in [9.17, 15) is 9.59 Å². The molecule has 5 aromatic rings. The summed E-state index contributed by atoms with van der Waals surface area (Å²) in [7, 11) is 0. The number of aryl methyl sites for hydroxylation is 1. The van der Waals surface area contributed by atoms with Crippen molar-refractivity contribution < 1.29 is 4.79 Å². The van der Waals surface area contributed by atoms with Gasteiger partial charge in [-0.25, -0.2) is 4.98 Å². The van der Waals surface area contributed by atoms with Gasteiger partial charge in [0.15, 0.2) is 0 Å². The van der Waals surface area contributed by atoms with Crippen LogP contribution in [0.15, 0.2) is 65.6 Å². The molecule has 1 aromatic carbocycles. The Labute approximate surface area is 175 Å². The highest BCUT2D eigenvalue weighted by molar-refractivity contribution is 7.15. The second-order valence-electron chi connectivity index (χ2n) is 7.02. The minimum Gasteiger partial charge on any atom is -0.365 e. The molecule has 0 radical (unpaired) electrons. The normalized spacial score (nSPS) is 11.2. The largest absolute Gasteiger partial charge is 0.365 e. The number of carbonyl (C=O) groups excluding carboxylic acids is 1. The summed E-state index contributed by atoms with van der Waals surface area (Å²) >= 11 is 1.63. The van der Waals surface area contributed by atoms with Crippen molar-refractivity contribution in [1.29, 1.82) is 0 Å². The first kappa shape index (κ1) is 18.2. The van der Waals surface area contributed by atoms with Crippen molar-refractivity contribution in [2.45, 2.75) is 6.92 Å². The van der Waals surface area contributed by atoms with Crippen LogP contribution in [0.5, 0.6) is 0 Å². The number of benzene rings is 1. The Kier molecular flexibility index (Phi) is 4.18. The molecule has 0 aliphatic rings. The average molecular weight is 412 g/mol. The van der Waals surface area contributed by atoms with Gasteiger partial charge in [-0.1, -0.05) is 12.1 Å². The van der Waals surface area contributed by atoms with Gasteiger partial charge in [-0.15, -0.1) is 11.3 Å². The van der Waals surface area contributed by atoms with E-state index < -0.39 is 11.5 Å². The van der Waals surface area contributed by atoms with Gasteiger partial charge in [0.1, 0.15) is 11.2 Å². The first-order valence-corrected chi connectivity index (χ1v) is 10.1. The van der Waals surface area contributed by atoms with E-state index in [4.69, 9.17) is 10.7 Å². The van der Waals surface area contributed by atoms with Crippen LogP contribution in [0.4, 0.5) is 0 Å². The van der Waals surface area contributed by atoms with Gasteiger partial charge < -0.3 is 10.7 Å². The third-order valence-corrected chi connectivity index (χ3v) is 5.99. The van der Waals surface area contributed by atoms with Crippen molar-refractivity contribution in [2.24, 2.45) is 5.73 Å². The summed E-state index contributed by atoms with van der Waals surface area (Å²) in [5, 5.41) is 1.66. The molecule has 0 saturated heterocycles. The van der Waals surface area contributed by atoms with E-state index in [1.54, 1.807) is 17.5 Å². The van der Waals surface area contributed by atoms with Gasteiger partial charge in [0.05, 0.1) is 16.1 Å². The summed E-state index contributed by atoms with van der Waals surface area (Å²) in [5.74, 6) is -0.769. The summed E-state index contributed by atoms with van der Waals surface area (Å²) < 4.78 is 0. The molecular formula is C23H16N4O2S. The number of hydrogen-bond acceptors (Lipinski definition) is 5. The van der Waals surface area contributed by atoms with Crippen LogP contribution in [0.1, 0.15) is 15.2 Å². The van der Waals surface area contributed by atoms with E-state index in [0.717, 1.165) is 37.5 Å². The summed E-state index contributed by atoms with van der Waals surface area (Å²) in [4.78, 5) is 37.9. The lowest BCUT2D eigenvalue weighted by molar-refractivity contribution is 0.0999. The van der Waals surface area contributed by atoms with Gasteiger partial charge >= 0.3 is 0 Å². The van der Waals surface area contributed by atoms with Crippen molar-refractivity contribution in [2.75, 3.05) is 0 Å². The summed E-state index contributed by atoms with van der Waals surface area (Å²) in [5.41, 5.74) is 8.69. The van der Waals surface area contributed by atoms with E-state index in [0.29, 0.717) is 11.0 Å². The molecule has 7 heteroatoms. The molecule has 6 nitrogen and oxygen atoms in total. The Hall–Kier alpha value is -3.84. The second kappa shape index (κ2) is 6.89. The molecule has 4 heterocycles. The average Bonchev–Trinajstić information content (AvgIpc) is 3.18. The van der Waals surface area contributed by atoms with Gasteiger partial charge in [0.25, 0.3) is 11.5 Å². The highest BCUT2D eigenvalue weighted by atomic mass is 32.1. The fourth-order valence-electron chi connectivity index (χ4n) is 3.53. The number of pyridine rings is 3. The Bertz CT molecular complexity index is 1520. The Morgan fingerprint density at radius 2 is 1.93 bits per heavy atom. The molecule has 0 aliphatic heterocycles. The number of thiophene rings is 1. The SMILES string of the molecule is Cc1ccc(-c2nc3[nH]c(=O)c(C(N)=O)cc3cc2-c2ccc3ncccc3c2)s1. The number of nitrogens with one attached hydrogen (secondary N) is 1. The predicted octanol–water partition coefficient (Wildman–Crippen LogP) is 4.27. The fraction of sp³-hybridized carbons (Fsp3) is 0.0435. The topological polar surface area (TPSA) is 102 Å². The smallest absolute Gasteiger partial charge is 0.262 e. The van der Waals surface area contributed by atoms with E-state index in [1.165, 1.54) is 6.07 Å². The highest BCUT2D eigenvalue weighted by Gasteiger charge is 2.16. The molecule has 0 bridgehead atoms. The summed E-state index contributed by atoms with van der Waals surface area (Å²) in [6.45, 7) is 2.04. The van der Waals surface area contributed by atoms with E-state index in [1.807, 2.05) is 49.4 Å². The number of hydrogen-bond donors (Lipinski definition) is 2. The number of rotatable bonds is 3. The molecule has 0 atom stereocenters. The summed E-state index contributed by atoms with van der Waals surface area (Å²) in [6.07, 6.45) is 1.77. The lowest BCUT2D eigenvalue weighted by atomic mass is 9.99. The predicted molar refractivity (Wildman–Crippen MR) is 120 cm³/mol. The third kappa shape index (κ3) is 3.05. The zero-order valence-corrected chi connectivity index (χ0v) is 16.8. The van der Waals surface area contributed by atoms with Crippen molar-refractivity contribution in [1.82, 2.24) is 15.0 Å². The van der Waals surface area contributed by atoms with Gasteiger partial charge in [-0.05, 0) is 55.0 Å². The highest BCUT2D eigenvalue weighted by Crippen LogP contribution is 2.37. The molecule has 0 spiro atoms. The minimum atomic E-state index is -0.769. The quantitative estimate of drug-likeness (QED) is 0.462. The lowest BCUT2D eigenvalue weighted by Gasteiger charge is -2.11. The molecule has 3 N–H and O–H groups in total. The van der Waals surface area contributed by atoms with Gasteiger partial charge in [0.2, 0.25) is 0 Å². The van der Waals surface area contributed by atoms with Crippen LogP contribution in [0, 0.1) is 6.92 Å². The van der Waals surface area contributed by atoms with Gasteiger partial charge in [-0.3, -0.25) is 14.6 Å². The zero-order chi connectivity index (χ0) is 20.8. The number of fused-ring (bicyclic) bond motifs is 2. The first-order valence-electron chi connectivity index (χ1n) is 9.29. The van der Waals surface area contributed by atoms with Crippen LogP contribution in [0.2, 0.25) is 0 Å². The van der Waals surface area contributed by atoms with Crippen molar-refractivity contribution >= 4 is 39.2 Å². The van der Waals surface area contributed by atoms with E-state index in [2.05, 4.69) is 16.0 Å². The van der Waals surface area contributed by atoms with Gasteiger partial charge in [-0.2, -0.15) is 0 Å². The lowest BCUT2D eigenvalue weighted by Crippen LogP contribution is -2.23. The Balaban J connectivity index is 1.83. The number of primary amides is 1. The van der Waals surface area contributed by atoms with E-state index >= 15 is 0 Å². The van der Waals surface area contributed by atoms with Gasteiger partial charge in [0, 0.05) is 27.4 Å². The van der Waals surface area contributed by atoms with Crippen LogP contribution in [0.25, 0.3) is 43.6 Å². The first-order chi connectivity index (χ1) is 14.5. The molecule has 146 valence electrons. The van der Waals surface area contributed by atoms with Crippen molar-refractivity contribution in [3.8, 4) is 21.7 Å². The number of nitrogens with two attached hydrogens (primary N) is 1. The molecule has 0 saturated carbocycles. The maximum Gasteiger partial charge on any atom is 0.262 e. The number of carbonyl (C=O) groups is 1. The van der Waals surface area contributed by atoms with Crippen LogP contribution < -0.4 is 11.3 Å². The van der Waals surface area contributed by atoms with Crippen LogP contribution in [-0.4, -0.2) is 20.9 Å². The molecule has 0 unspecified atom stereocenters. The third-order valence-electron chi connectivity index (χ3n) is 4.98. The molecule has 1 amide bonds. The Morgan fingerprint density at radius 1 is 1.07 bits per heavy atom. The zero-order valence-electron chi connectivity index (χ0n) is 16.0. The Morgan fingerprint density at radius 3 is 2.70 bits per heavy atom. The fourth-order valence-corrected chi connectivity index (χ4v) is 4.40. The van der Waals surface area contributed by atoms with Crippen molar-refractivity contribution in [3.05, 3.63) is 81.6 Å². The van der Waals surface area contributed by atoms with Crippen LogP contribution in [-0.2, 0) is 0 Å². The van der Waals surface area contributed by atoms with Crippen LogP contribution >= 0.6 is 11.3 Å². The number of amides is 1. The number of aromatic amines is 1. The standard InChI is InChI=1S/C23H16N4O2S/c1-12-4-7-19(30-12)20-16(13-5-6-18-14(9-13)3-2-8-25-18)10-15-11-17(21(24)28)23(29)27-22(15)26-20/h2-11H,1H3,(H2,24,28)(H,26,27,29). The number of nitrogens with zero attached hydrogens (tertiary/aromatic N) is 2. The molecule has 30 heavy (non-hydrogen) atoms. The van der Waals surface area contributed by atoms with Crippen LogP contribution in [0.3, 0.4) is 0 Å². The molecule has 5 rings (SSSR count). The molecule has 4 aromatic heterocycles. The second-order valence-corrected chi connectivity index (χ2v) is 8.31. The molecule has 0 aliphatic carbocycles. The summed E-state index contributed by atoms with van der Waals surface area (Å²) in [6, 6.07) is 17.5. The maximum absolute atomic E-state index is 12.2. The number of H-pyrrole nitrogens is 1. The number of aromatic nitrogens is 3. The van der Waals surface area contributed by atoms with Crippen molar-refractivity contribution in [3.63, 3.8) is 0 Å².